The van der Waals surface area contributed by atoms with Crippen LogP contribution in [0.3, 0.4) is 0 Å². The molecule has 18 heavy (non-hydrogen) atoms. The molecule has 0 bridgehead atoms. The van der Waals surface area contributed by atoms with Crippen LogP contribution in [0.4, 0.5) is 0 Å². The Morgan fingerprint density at radius 2 is 2.39 bits per heavy atom. The summed E-state index contributed by atoms with van der Waals surface area (Å²) in [6, 6.07) is 3.08. The topological polar surface area (TPSA) is 88.6 Å². The number of nitrogens with one attached hydrogen (secondary N) is 1. The second-order valence-electron chi connectivity index (χ2n) is 4.29. The highest BCUT2D eigenvalue weighted by Crippen LogP contribution is 2.09. The lowest BCUT2D eigenvalue weighted by molar-refractivity contribution is -0.140. The van der Waals surface area contributed by atoms with E-state index in [0.29, 0.717) is 32.5 Å². The second kappa shape index (κ2) is 5.68. The van der Waals surface area contributed by atoms with E-state index in [9.17, 15) is 9.59 Å². The first kappa shape index (κ1) is 12.6. The molecule has 1 aromatic heterocycles. The summed E-state index contributed by atoms with van der Waals surface area (Å²) in [6.07, 6.45) is 2.45. The summed E-state index contributed by atoms with van der Waals surface area (Å²) in [5.41, 5.74) is 5.29. The largest absolute Gasteiger partial charge is 0.469 e. The summed E-state index contributed by atoms with van der Waals surface area (Å²) in [5.74, 6) is 0.249. The number of hydrogen-bond acceptors (Lipinski definition) is 4. The highest BCUT2D eigenvalue weighted by atomic mass is 16.3. The Morgan fingerprint density at radius 1 is 1.56 bits per heavy atom. The van der Waals surface area contributed by atoms with Gasteiger partial charge in [0.2, 0.25) is 11.8 Å². The zero-order chi connectivity index (χ0) is 13.0. The van der Waals surface area contributed by atoms with E-state index >= 15 is 0 Å². The van der Waals surface area contributed by atoms with E-state index in [1.165, 1.54) is 0 Å². The number of rotatable bonds is 4. The Kier molecular flexibility index (Phi) is 3.99. The van der Waals surface area contributed by atoms with E-state index in [-0.39, 0.29) is 5.91 Å². The third-order valence-electron chi connectivity index (χ3n) is 3.06. The van der Waals surface area contributed by atoms with Crippen molar-refractivity contribution in [3.8, 4) is 0 Å². The van der Waals surface area contributed by atoms with Gasteiger partial charge >= 0.3 is 0 Å². The molecule has 1 aliphatic heterocycles. The maximum Gasteiger partial charge on any atom is 0.241 e. The standard InChI is InChI=1S/C12H17N3O3/c13-12(17)10-8-14-5-6-15(10)11(16)4-3-9-2-1-7-18-9/h1-2,7,10,14H,3-6,8H2,(H2,13,17). The van der Waals surface area contributed by atoms with Crippen LogP contribution in [0.5, 0.6) is 0 Å². The molecule has 98 valence electrons. The molecule has 0 radical (unpaired) electrons. The summed E-state index contributed by atoms with van der Waals surface area (Å²) in [5, 5.41) is 3.06. The van der Waals surface area contributed by atoms with E-state index in [4.69, 9.17) is 10.2 Å². The van der Waals surface area contributed by atoms with Gasteiger partial charge in [0.25, 0.3) is 0 Å². The Hall–Kier alpha value is -1.82. The quantitative estimate of drug-likeness (QED) is 0.755. The predicted octanol–water partition coefficient (Wildman–Crippen LogP) is -0.502. The molecule has 1 fully saturated rings. The Labute approximate surface area is 105 Å². The van der Waals surface area contributed by atoms with Crippen LogP contribution in [-0.4, -0.2) is 42.4 Å². The number of amides is 2. The van der Waals surface area contributed by atoms with Crippen molar-refractivity contribution in [2.75, 3.05) is 19.6 Å². The number of nitrogens with two attached hydrogens (primary N) is 1. The lowest BCUT2D eigenvalue weighted by Gasteiger charge is -2.34. The van der Waals surface area contributed by atoms with Crippen molar-refractivity contribution in [1.82, 2.24) is 10.2 Å². The Balaban J connectivity index is 1.92. The van der Waals surface area contributed by atoms with E-state index in [1.807, 2.05) is 6.07 Å². The Morgan fingerprint density at radius 3 is 3.06 bits per heavy atom. The molecular formula is C12H17N3O3. The molecule has 1 atom stereocenters. The molecule has 0 aromatic carbocycles. The van der Waals surface area contributed by atoms with Crippen molar-refractivity contribution >= 4 is 11.8 Å². The number of primary amides is 1. The van der Waals surface area contributed by atoms with Gasteiger partial charge in [-0.2, -0.15) is 0 Å². The van der Waals surface area contributed by atoms with E-state index in [2.05, 4.69) is 5.32 Å². The van der Waals surface area contributed by atoms with E-state index in [0.717, 1.165) is 5.76 Å². The van der Waals surface area contributed by atoms with Crippen LogP contribution in [0, 0.1) is 0 Å². The fraction of sp³-hybridized carbons (Fsp3) is 0.500. The number of carbonyl (C=O) groups excluding carboxylic acids is 2. The molecule has 2 rings (SSSR count). The van der Waals surface area contributed by atoms with Gasteiger partial charge in [0.05, 0.1) is 6.26 Å². The molecule has 1 aromatic rings. The van der Waals surface area contributed by atoms with Gasteiger partial charge in [0.15, 0.2) is 0 Å². The van der Waals surface area contributed by atoms with Crippen LogP contribution >= 0.6 is 0 Å². The lowest BCUT2D eigenvalue weighted by Crippen LogP contribution is -2.58. The molecule has 0 spiro atoms. The number of aryl methyl sites for hydroxylation is 1. The van der Waals surface area contributed by atoms with Gasteiger partial charge in [-0.05, 0) is 12.1 Å². The minimum Gasteiger partial charge on any atom is -0.469 e. The molecule has 6 heteroatoms. The molecule has 1 unspecified atom stereocenters. The van der Waals surface area contributed by atoms with Gasteiger partial charge in [0.1, 0.15) is 11.8 Å². The third-order valence-corrected chi connectivity index (χ3v) is 3.06. The average molecular weight is 251 g/mol. The third kappa shape index (κ3) is 2.89. The normalized spacial score (nSPS) is 19.8. The maximum atomic E-state index is 12.1. The highest BCUT2D eigenvalue weighted by Gasteiger charge is 2.30. The zero-order valence-electron chi connectivity index (χ0n) is 10.1. The molecule has 2 heterocycles. The van der Waals surface area contributed by atoms with Crippen LogP contribution in [0.15, 0.2) is 22.8 Å². The van der Waals surface area contributed by atoms with E-state index < -0.39 is 11.9 Å². The summed E-state index contributed by atoms with van der Waals surface area (Å²) in [6.45, 7) is 1.64. The van der Waals surface area contributed by atoms with Crippen molar-refractivity contribution in [2.24, 2.45) is 5.73 Å². The number of hydrogen-bond donors (Lipinski definition) is 2. The highest BCUT2D eigenvalue weighted by molar-refractivity contribution is 5.87. The molecule has 2 amide bonds. The SMILES string of the molecule is NC(=O)C1CNCCN1C(=O)CCc1ccco1. The molecule has 1 saturated heterocycles. The molecule has 1 aliphatic rings. The van der Waals surface area contributed by atoms with Crippen molar-refractivity contribution in [2.45, 2.75) is 18.9 Å². The van der Waals surface area contributed by atoms with Crippen molar-refractivity contribution in [3.63, 3.8) is 0 Å². The van der Waals surface area contributed by atoms with E-state index in [1.54, 1.807) is 17.2 Å². The van der Waals surface area contributed by atoms with Gasteiger partial charge in [-0.3, -0.25) is 9.59 Å². The van der Waals surface area contributed by atoms with Crippen LogP contribution in [0.25, 0.3) is 0 Å². The Bertz CT molecular complexity index is 416. The van der Waals surface area contributed by atoms with Crippen LogP contribution < -0.4 is 11.1 Å². The average Bonchev–Trinajstić information content (AvgIpc) is 2.89. The van der Waals surface area contributed by atoms with Gasteiger partial charge < -0.3 is 20.4 Å². The summed E-state index contributed by atoms with van der Waals surface area (Å²) in [4.78, 5) is 24.9. The van der Waals surface area contributed by atoms with Crippen molar-refractivity contribution < 1.29 is 14.0 Å². The molecule has 3 N–H and O–H groups in total. The summed E-state index contributed by atoms with van der Waals surface area (Å²) >= 11 is 0. The number of piperazine rings is 1. The number of furan rings is 1. The van der Waals surface area contributed by atoms with Gasteiger partial charge in [-0.1, -0.05) is 0 Å². The van der Waals surface area contributed by atoms with Crippen LogP contribution in [0.2, 0.25) is 0 Å². The monoisotopic (exact) mass is 251 g/mol. The van der Waals surface area contributed by atoms with Gasteiger partial charge in [-0.25, -0.2) is 0 Å². The molecule has 0 saturated carbocycles. The predicted molar refractivity (Wildman–Crippen MR) is 64.6 cm³/mol. The molecule has 6 nitrogen and oxygen atoms in total. The van der Waals surface area contributed by atoms with Gasteiger partial charge in [-0.15, -0.1) is 0 Å². The fourth-order valence-electron chi connectivity index (χ4n) is 2.09. The minimum atomic E-state index is -0.539. The first-order valence-corrected chi connectivity index (χ1v) is 6.00. The first-order chi connectivity index (χ1) is 8.68. The minimum absolute atomic E-state index is 0.0586. The molecular weight excluding hydrogens is 234 g/mol. The van der Waals surface area contributed by atoms with Gasteiger partial charge in [0, 0.05) is 32.5 Å². The van der Waals surface area contributed by atoms with Crippen LogP contribution in [0.1, 0.15) is 12.2 Å². The first-order valence-electron chi connectivity index (χ1n) is 6.00. The summed E-state index contributed by atoms with van der Waals surface area (Å²) < 4.78 is 5.17. The van der Waals surface area contributed by atoms with Crippen molar-refractivity contribution in [1.29, 1.82) is 0 Å². The smallest absolute Gasteiger partial charge is 0.241 e. The lowest BCUT2D eigenvalue weighted by atomic mass is 10.1. The number of nitrogens with zero attached hydrogens (tertiary/aromatic N) is 1. The van der Waals surface area contributed by atoms with Crippen LogP contribution in [-0.2, 0) is 16.0 Å². The fourth-order valence-corrected chi connectivity index (χ4v) is 2.09. The second-order valence-corrected chi connectivity index (χ2v) is 4.29. The molecule has 0 aliphatic carbocycles. The summed E-state index contributed by atoms with van der Waals surface area (Å²) in [7, 11) is 0. The maximum absolute atomic E-state index is 12.1. The van der Waals surface area contributed by atoms with Crippen molar-refractivity contribution in [3.05, 3.63) is 24.2 Å². The number of carbonyl (C=O) groups is 2. The zero-order valence-corrected chi connectivity index (χ0v) is 10.1.